The van der Waals surface area contributed by atoms with E-state index in [1.807, 2.05) is 11.9 Å². The fourth-order valence-electron chi connectivity index (χ4n) is 2.62. The van der Waals surface area contributed by atoms with Crippen LogP contribution in [0, 0.1) is 5.92 Å². The lowest BCUT2D eigenvalue weighted by Gasteiger charge is -2.36. The van der Waals surface area contributed by atoms with Gasteiger partial charge in [0.15, 0.2) is 5.82 Å². The zero-order valence-corrected chi connectivity index (χ0v) is 9.94. The number of aromatic nitrogens is 2. The number of rotatable bonds is 2. The molecule has 1 aromatic heterocycles. The molecule has 4 heteroatoms. The Labute approximate surface area is 95.7 Å². The molecule has 0 saturated heterocycles. The molecule has 0 aliphatic heterocycles. The number of H-pyrrole nitrogens is 1. The Bertz CT molecular complexity index is 401. The maximum absolute atomic E-state index is 11.7. The molecule has 1 aromatic rings. The van der Waals surface area contributed by atoms with E-state index in [2.05, 4.69) is 16.9 Å². The first-order chi connectivity index (χ1) is 7.70. The third kappa shape index (κ3) is 2.10. The monoisotopic (exact) mass is 221 g/mol. The van der Waals surface area contributed by atoms with Crippen molar-refractivity contribution < 1.29 is 0 Å². The lowest BCUT2D eigenvalue weighted by molar-refractivity contribution is 0.320. The molecule has 1 heterocycles. The molecule has 0 aromatic carbocycles. The molecule has 0 radical (unpaired) electrons. The Morgan fingerprint density at radius 1 is 1.44 bits per heavy atom. The molecule has 16 heavy (non-hydrogen) atoms. The van der Waals surface area contributed by atoms with Gasteiger partial charge < -0.3 is 9.88 Å². The molecular formula is C12H19N3O. The third-order valence-corrected chi connectivity index (χ3v) is 3.59. The van der Waals surface area contributed by atoms with Crippen molar-refractivity contribution in [1.82, 2.24) is 9.97 Å². The number of nitrogens with zero attached hydrogens (tertiary/aromatic N) is 2. The molecule has 2 atom stereocenters. The van der Waals surface area contributed by atoms with Crippen LogP contribution >= 0.6 is 0 Å². The Hall–Kier alpha value is -1.32. The number of anilines is 1. The van der Waals surface area contributed by atoms with Gasteiger partial charge in [0.05, 0.1) is 0 Å². The average molecular weight is 221 g/mol. The van der Waals surface area contributed by atoms with Crippen LogP contribution in [0.15, 0.2) is 17.2 Å². The molecule has 4 nitrogen and oxygen atoms in total. The van der Waals surface area contributed by atoms with Gasteiger partial charge in [-0.25, -0.2) is 4.98 Å². The summed E-state index contributed by atoms with van der Waals surface area (Å²) in [5, 5.41) is 0. The fraction of sp³-hybridized carbons (Fsp3) is 0.667. The van der Waals surface area contributed by atoms with Gasteiger partial charge in [-0.05, 0) is 18.8 Å². The lowest BCUT2D eigenvalue weighted by Crippen LogP contribution is -2.41. The second kappa shape index (κ2) is 4.68. The Kier molecular flexibility index (Phi) is 3.27. The first-order valence-corrected chi connectivity index (χ1v) is 5.96. The van der Waals surface area contributed by atoms with E-state index < -0.39 is 0 Å². The molecule has 1 saturated carbocycles. The molecule has 1 aliphatic carbocycles. The quantitative estimate of drug-likeness (QED) is 0.828. The molecule has 1 N–H and O–H groups in total. The number of nitrogens with one attached hydrogen (secondary N) is 1. The minimum atomic E-state index is -0.0947. The largest absolute Gasteiger partial charge is 0.352 e. The van der Waals surface area contributed by atoms with E-state index in [9.17, 15) is 4.79 Å². The van der Waals surface area contributed by atoms with Crippen LogP contribution in [-0.2, 0) is 0 Å². The van der Waals surface area contributed by atoms with E-state index in [1.165, 1.54) is 19.3 Å². The topological polar surface area (TPSA) is 49.0 Å². The van der Waals surface area contributed by atoms with E-state index in [-0.39, 0.29) is 5.56 Å². The smallest absolute Gasteiger partial charge is 0.290 e. The fourth-order valence-corrected chi connectivity index (χ4v) is 2.62. The first-order valence-electron chi connectivity index (χ1n) is 5.96. The minimum absolute atomic E-state index is 0.0947. The number of aromatic amines is 1. The molecule has 0 bridgehead atoms. The Balaban J connectivity index is 2.21. The van der Waals surface area contributed by atoms with Crippen LogP contribution in [0.3, 0.4) is 0 Å². The average Bonchev–Trinajstić information content (AvgIpc) is 2.29. The van der Waals surface area contributed by atoms with Crippen LogP contribution in [0.2, 0.25) is 0 Å². The predicted molar refractivity (Wildman–Crippen MR) is 64.7 cm³/mol. The van der Waals surface area contributed by atoms with Crippen molar-refractivity contribution >= 4 is 5.82 Å². The van der Waals surface area contributed by atoms with Crippen molar-refractivity contribution in [2.75, 3.05) is 11.9 Å². The zero-order chi connectivity index (χ0) is 11.5. The van der Waals surface area contributed by atoms with Gasteiger partial charge in [-0.15, -0.1) is 0 Å². The van der Waals surface area contributed by atoms with Crippen molar-refractivity contribution in [3.8, 4) is 0 Å². The van der Waals surface area contributed by atoms with Crippen molar-refractivity contribution in [3.05, 3.63) is 22.7 Å². The Morgan fingerprint density at radius 3 is 2.88 bits per heavy atom. The molecule has 1 fully saturated rings. The van der Waals surface area contributed by atoms with Crippen LogP contribution in [-0.4, -0.2) is 23.1 Å². The van der Waals surface area contributed by atoms with Crippen LogP contribution < -0.4 is 10.5 Å². The van der Waals surface area contributed by atoms with E-state index >= 15 is 0 Å². The van der Waals surface area contributed by atoms with Gasteiger partial charge in [0.1, 0.15) is 0 Å². The number of hydrogen-bond donors (Lipinski definition) is 1. The summed E-state index contributed by atoms with van der Waals surface area (Å²) >= 11 is 0. The summed E-state index contributed by atoms with van der Waals surface area (Å²) in [4.78, 5) is 20.5. The van der Waals surface area contributed by atoms with Gasteiger partial charge in [0.2, 0.25) is 0 Å². The maximum Gasteiger partial charge on any atom is 0.290 e. The van der Waals surface area contributed by atoms with Gasteiger partial charge in [-0.3, -0.25) is 4.79 Å². The van der Waals surface area contributed by atoms with Crippen LogP contribution in [0.5, 0.6) is 0 Å². The third-order valence-electron chi connectivity index (χ3n) is 3.59. The number of hydrogen-bond acceptors (Lipinski definition) is 3. The summed E-state index contributed by atoms with van der Waals surface area (Å²) in [6, 6.07) is 0.449. The highest BCUT2D eigenvalue weighted by Gasteiger charge is 2.26. The zero-order valence-electron chi connectivity index (χ0n) is 9.94. The van der Waals surface area contributed by atoms with Gasteiger partial charge in [0.25, 0.3) is 5.56 Å². The molecular weight excluding hydrogens is 202 g/mol. The van der Waals surface area contributed by atoms with E-state index in [1.54, 1.807) is 12.4 Å². The summed E-state index contributed by atoms with van der Waals surface area (Å²) in [5.74, 6) is 1.18. The second-order valence-corrected chi connectivity index (χ2v) is 4.68. The van der Waals surface area contributed by atoms with Crippen LogP contribution in [0.25, 0.3) is 0 Å². The van der Waals surface area contributed by atoms with Gasteiger partial charge in [-0.1, -0.05) is 19.8 Å². The van der Waals surface area contributed by atoms with Crippen molar-refractivity contribution in [2.24, 2.45) is 5.92 Å². The van der Waals surface area contributed by atoms with Crippen molar-refractivity contribution in [1.29, 1.82) is 0 Å². The summed E-state index contributed by atoms with van der Waals surface area (Å²) in [6.07, 6.45) is 8.19. The molecule has 2 rings (SSSR count). The standard InChI is InChI=1S/C12H19N3O/c1-9-5-3-4-6-10(9)15(2)11-12(16)14-8-7-13-11/h7-10H,3-6H2,1-2H3,(H,14,16). The molecule has 88 valence electrons. The van der Waals surface area contributed by atoms with Gasteiger partial charge >= 0.3 is 0 Å². The highest BCUT2D eigenvalue weighted by molar-refractivity contribution is 5.35. The van der Waals surface area contributed by atoms with E-state index in [0.717, 1.165) is 6.42 Å². The highest BCUT2D eigenvalue weighted by Crippen LogP contribution is 2.28. The van der Waals surface area contributed by atoms with Crippen molar-refractivity contribution in [3.63, 3.8) is 0 Å². The molecule has 1 aliphatic rings. The summed E-state index contributed by atoms with van der Waals surface area (Å²) < 4.78 is 0. The minimum Gasteiger partial charge on any atom is -0.352 e. The summed E-state index contributed by atoms with van der Waals surface area (Å²) in [6.45, 7) is 2.26. The Morgan fingerprint density at radius 2 is 2.19 bits per heavy atom. The maximum atomic E-state index is 11.7. The molecule has 0 spiro atoms. The van der Waals surface area contributed by atoms with Gasteiger partial charge in [-0.2, -0.15) is 0 Å². The summed E-state index contributed by atoms with van der Waals surface area (Å²) in [7, 11) is 1.98. The first kappa shape index (κ1) is 11.2. The van der Waals surface area contributed by atoms with Crippen LogP contribution in [0.4, 0.5) is 5.82 Å². The second-order valence-electron chi connectivity index (χ2n) is 4.68. The normalized spacial score (nSPS) is 25.4. The van der Waals surface area contributed by atoms with Crippen LogP contribution in [0.1, 0.15) is 32.6 Å². The highest BCUT2D eigenvalue weighted by atomic mass is 16.1. The lowest BCUT2D eigenvalue weighted by atomic mass is 9.85. The SMILES string of the molecule is CC1CCCCC1N(C)c1ncc[nH]c1=O. The predicted octanol–water partition coefficient (Wildman–Crippen LogP) is 1.78. The molecule has 2 unspecified atom stereocenters. The van der Waals surface area contributed by atoms with E-state index in [4.69, 9.17) is 0 Å². The van der Waals surface area contributed by atoms with Gasteiger partial charge in [0, 0.05) is 25.5 Å². The van der Waals surface area contributed by atoms with Crippen molar-refractivity contribution in [2.45, 2.75) is 38.6 Å². The van der Waals surface area contributed by atoms with E-state index in [0.29, 0.717) is 17.8 Å². The summed E-state index contributed by atoms with van der Waals surface area (Å²) in [5.41, 5.74) is -0.0947. The molecule has 0 amide bonds.